The third kappa shape index (κ3) is 4.83. The Balaban J connectivity index is 1.42. The van der Waals surface area contributed by atoms with Crippen molar-refractivity contribution < 1.29 is 27.6 Å². The summed E-state index contributed by atoms with van der Waals surface area (Å²) in [6.45, 7) is 0.981. The number of hydrogen-bond donors (Lipinski definition) is 0. The van der Waals surface area contributed by atoms with Crippen LogP contribution in [0.3, 0.4) is 0 Å². The maximum absolute atomic E-state index is 13.1. The van der Waals surface area contributed by atoms with E-state index in [2.05, 4.69) is 0 Å². The highest BCUT2D eigenvalue weighted by Gasteiger charge is 2.31. The van der Waals surface area contributed by atoms with Gasteiger partial charge in [0.25, 0.3) is 11.2 Å². The molecule has 1 amide bonds. The van der Waals surface area contributed by atoms with E-state index in [0.717, 1.165) is 22.9 Å². The number of nitro groups is 1. The van der Waals surface area contributed by atoms with Gasteiger partial charge in [-0.25, -0.2) is 8.42 Å². The molecule has 176 valence electrons. The van der Waals surface area contributed by atoms with Crippen molar-refractivity contribution in [1.82, 2.24) is 13.8 Å². The summed E-state index contributed by atoms with van der Waals surface area (Å²) < 4.78 is 39.6. The third-order valence-electron chi connectivity index (χ3n) is 5.43. The average molecular weight is 478 g/mol. The lowest BCUT2D eigenvalue weighted by Gasteiger charge is -2.34. The predicted molar refractivity (Wildman–Crippen MR) is 115 cm³/mol. The summed E-state index contributed by atoms with van der Waals surface area (Å²) in [5, 5.41) is 10.9. The lowest BCUT2D eigenvalue weighted by Crippen LogP contribution is -2.51. The van der Waals surface area contributed by atoms with Crippen LogP contribution >= 0.6 is 0 Å². The fraction of sp³-hybridized carbons (Fsp3) is 0.400. The van der Waals surface area contributed by atoms with Crippen LogP contribution in [-0.2, 0) is 21.4 Å². The number of nitrogens with zero attached hydrogens (tertiary/aromatic N) is 4. The van der Waals surface area contributed by atoms with Crippen LogP contribution in [0.25, 0.3) is 0 Å². The predicted octanol–water partition coefficient (Wildman–Crippen LogP) is 0.451. The molecule has 2 aliphatic heterocycles. The highest BCUT2D eigenvalue weighted by Crippen LogP contribution is 2.33. The summed E-state index contributed by atoms with van der Waals surface area (Å²) >= 11 is 0. The van der Waals surface area contributed by atoms with E-state index in [-0.39, 0.29) is 43.3 Å². The van der Waals surface area contributed by atoms with E-state index in [4.69, 9.17) is 9.47 Å². The van der Waals surface area contributed by atoms with Gasteiger partial charge in [-0.3, -0.25) is 24.3 Å². The van der Waals surface area contributed by atoms with Crippen molar-refractivity contribution in [3.05, 3.63) is 57.0 Å². The summed E-state index contributed by atoms with van der Waals surface area (Å²) in [7, 11) is -3.81. The molecule has 0 spiro atoms. The SMILES string of the molecule is O=C(Cn1cc([N+](=O)[O-])ccc1=O)N1CCN(S(=O)(=O)c2ccc3c(c2)OCCCO3)CC1. The van der Waals surface area contributed by atoms with Crippen LogP contribution in [0.2, 0.25) is 0 Å². The summed E-state index contributed by atoms with van der Waals surface area (Å²) in [6, 6.07) is 6.60. The van der Waals surface area contributed by atoms with Crippen LogP contribution in [0.5, 0.6) is 11.5 Å². The van der Waals surface area contributed by atoms with E-state index >= 15 is 0 Å². The second-order valence-electron chi connectivity index (χ2n) is 7.55. The largest absolute Gasteiger partial charge is 0.490 e. The number of rotatable bonds is 5. The summed E-state index contributed by atoms with van der Waals surface area (Å²) in [6.07, 6.45) is 1.72. The second-order valence-corrected chi connectivity index (χ2v) is 9.49. The van der Waals surface area contributed by atoms with Crippen molar-refractivity contribution in [1.29, 1.82) is 0 Å². The molecule has 0 bridgehead atoms. The number of carbonyl (C=O) groups excluding carboxylic acids is 1. The monoisotopic (exact) mass is 478 g/mol. The molecule has 0 aliphatic carbocycles. The molecule has 1 fully saturated rings. The maximum Gasteiger partial charge on any atom is 0.285 e. The van der Waals surface area contributed by atoms with Crippen molar-refractivity contribution in [2.75, 3.05) is 39.4 Å². The van der Waals surface area contributed by atoms with Crippen molar-refractivity contribution in [3.8, 4) is 11.5 Å². The van der Waals surface area contributed by atoms with Crippen molar-refractivity contribution >= 4 is 21.6 Å². The Kier molecular flexibility index (Phi) is 6.33. The van der Waals surface area contributed by atoms with E-state index in [1.807, 2.05) is 0 Å². The van der Waals surface area contributed by atoms with E-state index in [9.17, 15) is 28.1 Å². The maximum atomic E-state index is 13.1. The minimum atomic E-state index is -3.81. The number of sulfonamides is 1. The van der Waals surface area contributed by atoms with Gasteiger partial charge >= 0.3 is 0 Å². The number of fused-ring (bicyclic) bond motifs is 1. The van der Waals surface area contributed by atoms with Gasteiger partial charge in [-0.05, 0) is 12.1 Å². The first-order chi connectivity index (χ1) is 15.8. The molecule has 2 aromatic rings. The van der Waals surface area contributed by atoms with Gasteiger partial charge in [-0.2, -0.15) is 4.31 Å². The molecular formula is C20H22N4O8S. The first-order valence-electron chi connectivity index (χ1n) is 10.3. The number of ether oxygens (including phenoxy) is 2. The van der Waals surface area contributed by atoms with Gasteiger partial charge in [-0.15, -0.1) is 0 Å². The lowest BCUT2D eigenvalue weighted by molar-refractivity contribution is -0.385. The zero-order valence-electron chi connectivity index (χ0n) is 17.6. The van der Waals surface area contributed by atoms with E-state index < -0.39 is 26.4 Å². The molecule has 0 unspecified atom stereocenters. The van der Waals surface area contributed by atoms with Crippen LogP contribution in [0.1, 0.15) is 6.42 Å². The molecule has 33 heavy (non-hydrogen) atoms. The molecule has 0 saturated carbocycles. The number of piperazine rings is 1. The van der Waals surface area contributed by atoms with Crippen LogP contribution in [0.4, 0.5) is 5.69 Å². The van der Waals surface area contributed by atoms with Crippen molar-refractivity contribution in [2.24, 2.45) is 0 Å². The van der Waals surface area contributed by atoms with Gasteiger partial charge < -0.3 is 14.4 Å². The molecule has 0 radical (unpaired) electrons. The Morgan fingerprint density at radius 3 is 2.42 bits per heavy atom. The number of hydrogen-bond acceptors (Lipinski definition) is 8. The van der Waals surface area contributed by atoms with Gasteiger partial charge in [0.05, 0.1) is 29.2 Å². The van der Waals surface area contributed by atoms with Crippen molar-refractivity contribution in [3.63, 3.8) is 0 Å². The normalized spacial score (nSPS) is 16.8. The van der Waals surface area contributed by atoms with Crippen molar-refractivity contribution in [2.45, 2.75) is 17.9 Å². The Labute approximate surface area is 189 Å². The number of benzene rings is 1. The van der Waals surface area contributed by atoms with Crippen LogP contribution < -0.4 is 15.0 Å². The summed E-state index contributed by atoms with van der Waals surface area (Å²) in [5.74, 6) is 0.452. The number of carbonyl (C=O) groups is 1. The highest BCUT2D eigenvalue weighted by atomic mass is 32.2. The lowest BCUT2D eigenvalue weighted by atomic mass is 10.3. The Hall–Kier alpha value is -3.45. The van der Waals surface area contributed by atoms with Crippen LogP contribution in [0.15, 0.2) is 46.2 Å². The number of amides is 1. The van der Waals surface area contributed by atoms with E-state index in [1.165, 1.54) is 21.3 Å². The fourth-order valence-electron chi connectivity index (χ4n) is 3.63. The molecule has 2 aliphatic rings. The topological polar surface area (TPSA) is 141 Å². The van der Waals surface area contributed by atoms with E-state index in [1.54, 1.807) is 6.07 Å². The first-order valence-corrected chi connectivity index (χ1v) is 11.7. The molecule has 12 nitrogen and oxygen atoms in total. The molecule has 0 atom stereocenters. The zero-order chi connectivity index (χ0) is 23.6. The molecule has 1 aromatic heterocycles. The van der Waals surface area contributed by atoms with Gasteiger partial charge in [0.15, 0.2) is 11.5 Å². The molecule has 1 aromatic carbocycles. The summed E-state index contributed by atoms with van der Waals surface area (Å²) in [5.41, 5.74) is -0.835. The van der Waals surface area contributed by atoms with Gasteiger partial charge in [0.1, 0.15) is 6.54 Å². The smallest absolute Gasteiger partial charge is 0.285 e. The fourth-order valence-corrected chi connectivity index (χ4v) is 5.07. The minimum Gasteiger partial charge on any atom is -0.490 e. The standard InChI is InChI=1S/C20H22N4O8S/c25-19-5-2-15(24(27)28)13-22(19)14-20(26)21-6-8-23(9-7-21)33(29,30)16-3-4-17-18(12-16)32-11-1-10-31-17/h2-5,12-13H,1,6-11,14H2. The third-order valence-corrected chi connectivity index (χ3v) is 7.33. The van der Waals surface area contributed by atoms with Gasteiger partial charge in [0.2, 0.25) is 15.9 Å². The van der Waals surface area contributed by atoms with E-state index in [0.29, 0.717) is 31.1 Å². The highest BCUT2D eigenvalue weighted by molar-refractivity contribution is 7.89. The van der Waals surface area contributed by atoms with Crippen LogP contribution in [-0.4, -0.2) is 72.4 Å². The number of aromatic nitrogens is 1. The minimum absolute atomic E-state index is 0.0757. The Bertz CT molecular complexity index is 1230. The quantitative estimate of drug-likeness (QED) is 0.446. The van der Waals surface area contributed by atoms with Crippen LogP contribution in [0, 0.1) is 10.1 Å². The molecule has 13 heteroatoms. The molecule has 1 saturated heterocycles. The Morgan fingerprint density at radius 1 is 1.03 bits per heavy atom. The molecular weight excluding hydrogens is 456 g/mol. The van der Waals surface area contributed by atoms with Gasteiger partial charge in [0, 0.05) is 50.8 Å². The summed E-state index contributed by atoms with van der Waals surface area (Å²) in [4.78, 5) is 36.3. The van der Waals surface area contributed by atoms with Gasteiger partial charge in [-0.1, -0.05) is 0 Å². The molecule has 3 heterocycles. The average Bonchev–Trinajstić information content (AvgIpc) is 3.05. The Morgan fingerprint density at radius 2 is 1.73 bits per heavy atom. The molecule has 4 rings (SSSR count). The molecule has 0 N–H and O–H groups in total. The number of pyridine rings is 1. The first kappa shape index (κ1) is 22.7. The zero-order valence-corrected chi connectivity index (χ0v) is 18.4. The second kappa shape index (κ2) is 9.19.